The summed E-state index contributed by atoms with van der Waals surface area (Å²) in [5.74, 6) is 7.40. The molecule has 1 aromatic rings. The SMILES string of the molecule is CSc1nc(N(N)C2CC2)nc(C(C)(C)C)n1. The van der Waals surface area contributed by atoms with Gasteiger partial charge in [-0.25, -0.2) is 10.8 Å². The lowest BCUT2D eigenvalue weighted by molar-refractivity contribution is 0.528. The molecular formula is C11H19N5S. The highest BCUT2D eigenvalue weighted by Gasteiger charge is 2.30. The Hall–Kier alpha value is -0.880. The van der Waals surface area contributed by atoms with Gasteiger partial charge in [0, 0.05) is 11.5 Å². The summed E-state index contributed by atoms with van der Waals surface area (Å²) in [6.07, 6.45) is 4.22. The predicted molar refractivity (Wildman–Crippen MR) is 70.0 cm³/mol. The normalized spacial score (nSPS) is 16.1. The summed E-state index contributed by atoms with van der Waals surface area (Å²) in [6, 6.07) is 0.403. The van der Waals surface area contributed by atoms with Gasteiger partial charge >= 0.3 is 0 Å². The van der Waals surface area contributed by atoms with E-state index in [1.807, 2.05) is 6.26 Å². The fourth-order valence-corrected chi connectivity index (χ4v) is 1.75. The van der Waals surface area contributed by atoms with E-state index in [2.05, 4.69) is 35.7 Å². The van der Waals surface area contributed by atoms with E-state index < -0.39 is 0 Å². The first-order valence-electron chi connectivity index (χ1n) is 5.76. The first kappa shape index (κ1) is 12.6. The van der Waals surface area contributed by atoms with Gasteiger partial charge in [-0.2, -0.15) is 9.97 Å². The topological polar surface area (TPSA) is 67.9 Å². The summed E-state index contributed by atoms with van der Waals surface area (Å²) < 4.78 is 0. The lowest BCUT2D eigenvalue weighted by atomic mass is 9.96. The lowest BCUT2D eigenvalue weighted by Gasteiger charge is -2.21. The molecule has 0 spiro atoms. The van der Waals surface area contributed by atoms with Crippen LogP contribution >= 0.6 is 11.8 Å². The third-order valence-electron chi connectivity index (χ3n) is 2.63. The van der Waals surface area contributed by atoms with E-state index in [1.54, 1.807) is 5.01 Å². The number of hydrazine groups is 1. The molecule has 2 N–H and O–H groups in total. The highest BCUT2D eigenvalue weighted by molar-refractivity contribution is 7.98. The van der Waals surface area contributed by atoms with Crippen molar-refractivity contribution in [1.29, 1.82) is 0 Å². The number of hydrogen-bond donors (Lipinski definition) is 1. The maximum absolute atomic E-state index is 6.01. The molecule has 6 heteroatoms. The van der Waals surface area contributed by atoms with E-state index in [0.29, 0.717) is 12.0 Å². The van der Waals surface area contributed by atoms with Crippen LogP contribution in [0.3, 0.4) is 0 Å². The van der Waals surface area contributed by atoms with Crippen LogP contribution in [0.4, 0.5) is 5.95 Å². The van der Waals surface area contributed by atoms with Gasteiger partial charge in [-0.3, -0.25) is 5.01 Å². The third kappa shape index (κ3) is 2.87. The number of thioether (sulfide) groups is 1. The summed E-state index contributed by atoms with van der Waals surface area (Å²) in [7, 11) is 0. The molecule has 0 amide bonds. The van der Waals surface area contributed by atoms with Gasteiger partial charge in [0.1, 0.15) is 5.82 Å². The molecule has 0 atom stereocenters. The van der Waals surface area contributed by atoms with Crippen LogP contribution in [0.1, 0.15) is 39.4 Å². The van der Waals surface area contributed by atoms with Gasteiger partial charge in [0.05, 0.1) is 0 Å². The Morgan fingerprint density at radius 1 is 1.24 bits per heavy atom. The average Bonchev–Trinajstić information content (AvgIpc) is 3.10. The molecule has 1 aliphatic rings. The third-order valence-corrected chi connectivity index (χ3v) is 3.18. The van der Waals surface area contributed by atoms with Crippen LogP contribution in [0.25, 0.3) is 0 Å². The minimum absolute atomic E-state index is 0.0907. The molecule has 1 saturated carbocycles. The molecule has 0 radical (unpaired) electrons. The smallest absolute Gasteiger partial charge is 0.244 e. The summed E-state index contributed by atoms with van der Waals surface area (Å²) in [4.78, 5) is 13.3. The summed E-state index contributed by atoms with van der Waals surface area (Å²) in [5.41, 5.74) is -0.0907. The second-order valence-corrected chi connectivity index (χ2v) is 6.11. The zero-order valence-electron chi connectivity index (χ0n) is 10.8. The monoisotopic (exact) mass is 253 g/mol. The molecule has 1 aliphatic carbocycles. The van der Waals surface area contributed by atoms with E-state index in [1.165, 1.54) is 11.8 Å². The molecule has 0 aromatic carbocycles. The molecule has 5 nitrogen and oxygen atoms in total. The Bertz CT molecular complexity index is 411. The Morgan fingerprint density at radius 3 is 2.35 bits per heavy atom. The van der Waals surface area contributed by atoms with Crippen molar-refractivity contribution in [3.05, 3.63) is 5.82 Å². The van der Waals surface area contributed by atoms with Crippen LogP contribution in [0.15, 0.2) is 5.16 Å². The fraction of sp³-hybridized carbons (Fsp3) is 0.727. The Balaban J connectivity index is 2.37. The first-order chi connectivity index (χ1) is 7.91. The maximum atomic E-state index is 6.01. The number of nitrogens with two attached hydrogens (primary N) is 1. The van der Waals surface area contributed by atoms with Gasteiger partial charge < -0.3 is 0 Å². The van der Waals surface area contributed by atoms with Gasteiger partial charge in [0.2, 0.25) is 5.95 Å². The van der Waals surface area contributed by atoms with Gasteiger partial charge in [-0.1, -0.05) is 32.5 Å². The van der Waals surface area contributed by atoms with Crippen LogP contribution < -0.4 is 10.9 Å². The van der Waals surface area contributed by atoms with Crippen molar-refractivity contribution in [2.75, 3.05) is 11.3 Å². The van der Waals surface area contributed by atoms with Gasteiger partial charge in [-0.15, -0.1) is 0 Å². The Labute approximate surface area is 106 Å². The standard InChI is InChI=1S/C11H19N5S/c1-11(2,3)8-13-9(15-10(14-8)17-4)16(12)7-5-6-7/h7H,5-6,12H2,1-4H3. The van der Waals surface area contributed by atoms with Crippen molar-refractivity contribution in [3.63, 3.8) is 0 Å². The van der Waals surface area contributed by atoms with Gasteiger partial charge in [0.25, 0.3) is 0 Å². The summed E-state index contributed by atoms with van der Waals surface area (Å²) in [6.45, 7) is 6.27. The van der Waals surface area contributed by atoms with E-state index in [9.17, 15) is 0 Å². The van der Waals surface area contributed by atoms with Crippen molar-refractivity contribution >= 4 is 17.7 Å². The van der Waals surface area contributed by atoms with Crippen molar-refractivity contribution in [1.82, 2.24) is 15.0 Å². The van der Waals surface area contributed by atoms with E-state index in [0.717, 1.165) is 23.8 Å². The quantitative estimate of drug-likeness (QED) is 0.503. The number of anilines is 1. The van der Waals surface area contributed by atoms with Crippen LogP contribution in [0, 0.1) is 0 Å². The second kappa shape index (κ2) is 4.42. The summed E-state index contributed by atoms with van der Waals surface area (Å²) in [5, 5.41) is 2.41. The van der Waals surface area contributed by atoms with Crippen molar-refractivity contribution < 1.29 is 0 Å². The summed E-state index contributed by atoms with van der Waals surface area (Å²) >= 11 is 1.52. The molecule has 94 valence electrons. The number of rotatable bonds is 3. The van der Waals surface area contributed by atoms with Gasteiger partial charge in [0.15, 0.2) is 5.16 Å². The zero-order valence-corrected chi connectivity index (χ0v) is 11.6. The minimum Gasteiger partial charge on any atom is -0.276 e. The number of aromatic nitrogens is 3. The van der Waals surface area contributed by atoms with Crippen LogP contribution in [-0.4, -0.2) is 27.2 Å². The molecule has 17 heavy (non-hydrogen) atoms. The predicted octanol–water partition coefficient (Wildman–Crippen LogP) is 1.73. The van der Waals surface area contributed by atoms with Crippen molar-refractivity contribution in [3.8, 4) is 0 Å². The number of nitrogens with zero attached hydrogens (tertiary/aromatic N) is 4. The lowest BCUT2D eigenvalue weighted by Crippen LogP contribution is -2.35. The molecule has 1 heterocycles. The highest BCUT2D eigenvalue weighted by atomic mass is 32.2. The Kier molecular flexibility index (Phi) is 3.27. The molecule has 0 aliphatic heterocycles. The fourth-order valence-electron chi connectivity index (χ4n) is 1.40. The minimum atomic E-state index is -0.0907. The van der Waals surface area contributed by atoms with E-state index in [-0.39, 0.29) is 5.41 Å². The molecule has 0 unspecified atom stereocenters. The van der Waals surface area contributed by atoms with Gasteiger partial charge in [-0.05, 0) is 19.1 Å². The second-order valence-electron chi connectivity index (χ2n) is 5.33. The van der Waals surface area contributed by atoms with E-state index >= 15 is 0 Å². The molecule has 1 fully saturated rings. The highest BCUT2D eigenvalue weighted by Crippen LogP contribution is 2.29. The average molecular weight is 253 g/mol. The van der Waals surface area contributed by atoms with Crippen molar-refractivity contribution in [2.45, 2.75) is 50.2 Å². The van der Waals surface area contributed by atoms with Crippen LogP contribution in [0.2, 0.25) is 0 Å². The molecular weight excluding hydrogens is 234 g/mol. The maximum Gasteiger partial charge on any atom is 0.244 e. The molecule has 0 saturated heterocycles. The number of hydrogen-bond acceptors (Lipinski definition) is 6. The van der Waals surface area contributed by atoms with Crippen molar-refractivity contribution in [2.24, 2.45) is 5.84 Å². The molecule has 0 bridgehead atoms. The largest absolute Gasteiger partial charge is 0.276 e. The Morgan fingerprint density at radius 2 is 1.88 bits per heavy atom. The van der Waals surface area contributed by atoms with E-state index in [4.69, 9.17) is 5.84 Å². The molecule has 1 aromatic heterocycles. The van der Waals surface area contributed by atoms with Crippen LogP contribution in [0.5, 0.6) is 0 Å². The zero-order chi connectivity index (χ0) is 12.6. The molecule has 2 rings (SSSR count). The van der Waals surface area contributed by atoms with Crippen LogP contribution in [-0.2, 0) is 5.41 Å². The first-order valence-corrected chi connectivity index (χ1v) is 6.99.